The molecule has 0 fully saturated rings. The number of carbonyl (C=O) groups is 1. The Morgan fingerprint density at radius 1 is 1.33 bits per heavy atom. The Hall–Kier alpha value is -2.41. The monoisotopic (exact) mass is 333 g/mol. The first kappa shape index (κ1) is 17.9. The van der Waals surface area contributed by atoms with E-state index in [-0.39, 0.29) is 11.9 Å². The molecule has 24 heavy (non-hydrogen) atoms. The molecule has 1 amide bonds. The van der Waals surface area contributed by atoms with E-state index in [2.05, 4.69) is 15.5 Å². The standard InChI is InChI=1S/C17H24N4O3/c1-5-10-18-15(22)11-21(3)12(2)16-19-20-17(24-16)13-6-8-14(23-4)9-7-13/h6-9,12H,5,10-11H2,1-4H3,(H,18,22)/p+1/t12-/m0/s1. The molecule has 0 aliphatic carbocycles. The highest BCUT2D eigenvalue weighted by Crippen LogP contribution is 2.22. The summed E-state index contributed by atoms with van der Waals surface area (Å²) in [5, 5.41) is 11.1. The van der Waals surface area contributed by atoms with Crippen molar-refractivity contribution in [3.8, 4) is 17.2 Å². The van der Waals surface area contributed by atoms with Gasteiger partial charge in [0.25, 0.3) is 11.8 Å². The number of carbonyl (C=O) groups excluding carboxylic acids is 1. The molecule has 0 aliphatic heterocycles. The molecular formula is C17H25N4O3+. The van der Waals surface area contributed by atoms with Crippen molar-refractivity contribution in [2.45, 2.75) is 26.3 Å². The van der Waals surface area contributed by atoms with Crippen LogP contribution in [0, 0.1) is 0 Å². The first-order chi connectivity index (χ1) is 11.5. The molecule has 0 saturated heterocycles. The normalized spacial score (nSPS) is 13.3. The summed E-state index contributed by atoms with van der Waals surface area (Å²) in [5.74, 6) is 1.77. The number of likely N-dealkylation sites (N-methyl/N-ethyl adjacent to an activating group) is 1. The van der Waals surface area contributed by atoms with Gasteiger partial charge in [0.05, 0.1) is 14.2 Å². The molecule has 2 aromatic rings. The van der Waals surface area contributed by atoms with Crippen molar-refractivity contribution in [2.24, 2.45) is 0 Å². The molecule has 7 nitrogen and oxygen atoms in total. The predicted octanol–water partition coefficient (Wildman–Crippen LogP) is 0.847. The lowest BCUT2D eigenvalue weighted by Gasteiger charge is -2.18. The fraction of sp³-hybridized carbons (Fsp3) is 0.471. The Bertz CT molecular complexity index is 654. The molecular weight excluding hydrogens is 308 g/mol. The largest absolute Gasteiger partial charge is 0.497 e. The van der Waals surface area contributed by atoms with E-state index in [1.165, 1.54) is 0 Å². The van der Waals surface area contributed by atoms with Crippen LogP contribution in [0.3, 0.4) is 0 Å². The molecule has 2 rings (SSSR count). The minimum atomic E-state index is -0.0723. The van der Waals surface area contributed by atoms with Crippen LogP contribution in [0.4, 0.5) is 0 Å². The molecule has 0 spiro atoms. The van der Waals surface area contributed by atoms with Gasteiger partial charge in [-0.05, 0) is 37.6 Å². The average Bonchev–Trinajstić information content (AvgIpc) is 3.09. The highest BCUT2D eigenvalue weighted by atomic mass is 16.5. The second kappa shape index (κ2) is 8.44. The van der Waals surface area contributed by atoms with Crippen LogP contribution in [0.25, 0.3) is 11.5 Å². The molecule has 1 heterocycles. The van der Waals surface area contributed by atoms with Crippen LogP contribution in [0.1, 0.15) is 32.2 Å². The van der Waals surface area contributed by atoms with Gasteiger partial charge in [-0.3, -0.25) is 4.79 Å². The summed E-state index contributed by atoms with van der Waals surface area (Å²) in [6.45, 7) is 5.05. The van der Waals surface area contributed by atoms with Crippen LogP contribution < -0.4 is 15.0 Å². The van der Waals surface area contributed by atoms with Crippen LogP contribution in [-0.4, -0.2) is 43.4 Å². The summed E-state index contributed by atoms with van der Waals surface area (Å²) in [4.78, 5) is 12.8. The van der Waals surface area contributed by atoms with Gasteiger partial charge in [-0.2, -0.15) is 0 Å². The van der Waals surface area contributed by atoms with Gasteiger partial charge in [0.2, 0.25) is 5.89 Å². The summed E-state index contributed by atoms with van der Waals surface area (Å²) in [7, 11) is 3.56. The Labute approximate surface area is 142 Å². The van der Waals surface area contributed by atoms with Gasteiger partial charge in [0.15, 0.2) is 12.6 Å². The Morgan fingerprint density at radius 2 is 2.04 bits per heavy atom. The molecule has 2 atom stereocenters. The van der Waals surface area contributed by atoms with Crippen LogP contribution in [-0.2, 0) is 4.79 Å². The Kier molecular flexibility index (Phi) is 6.31. The number of hydrogen-bond donors (Lipinski definition) is 2. The molecule has 0 aliphatic rings. The highest BCUT2D eigenvalue weighted by Gasteiger charge is 2.24. The Morgan fingerprint density at radius 3 is 2.67 bits per heavy atom. The van der Waals surface area contributed by atoms with E-state index >= 15 is 0 Å². The number of hydrogen-bond acceptors (Lipinski definition) is 5. The van der Waals surface area contributed by atoms with Gasteiger partial charge in [-0.25, -0.2) is 0 Å². The zero-order valence-corrected chi connectivity index (χ0v) is 14.6. The lowest BCUT2D eigenvalue weighted by atomic mass is 10.2. The van der Waals surface area contributed by atoms with E-state index in [0.29, 0.717) is 24.9 Å². The number of nitrogens with zero attached hydrogens (tertiary/aromatic N) is 2. The second-order valence-electron chi connectivity index (χ2n) is 5.77. The van der Waals surface area contributed by atoms with Crippen molar-refractivity contribution < 1.29 is 18.8 Å². The first-order valence-corrected chi connectivity index (χ1v) is 8.12. The van der Waals surface area contributed by atoms with Crippen LogP contribution in [0.2, 0.25) is 0 Å². The quantitative estimate of drug-likeness (QED) is 0.748. The summed E-state index contributed by atoms with van der Waals surface area (Å²) in [6.07, 6.45) is 0.926. The maximum atomic E-state index is 11.8. The number of ether oxygens (including phenoxy) is 1. The number of aromatic nitrogens is 2. The Balaban J connectivity index is 2.01. The van der Waals surface area contributed by atoms with Crippen molar-refractivity contribution in [1.29, 1.82) is 0 Å². The van der Waals surface area contributed by atoms with Crippen LogP contribution in [0.15, 0.2) is 28.7 Å². The predicted molar refractivity (Wildman–Crippen MR) is 89.8 cm³/mol. The maximum Gasteiger partial charge on any atom is 0.275 e. The summed E-state index contributed by atoms with van der Waals surface area (Å²) >= 11 is 0. The molecule has 130 valence electrons. The third-order valence-corrected chi connectivity index (χ3v) is 3.90. The highest BCUT2D eigenvalue weighted by molar-refractivity contribution is 5.76. The second-order valence-corrected chi connectivity index (χ2v) is 5.77. The number of benzene rings is 1. The topological polar surface area (TPSA) is 81.7 Å². The molecule has 1 aromatic carbocycles. The lowest BCUT2D eigenvalue weighted by molar-refractivity contribution is -0.903. The molecule has 0 bridgehead atoms. The maximum absolute atomic E-state index is 11.8. The van der Waals surface area contributed by atoms with Gasteiger partial charge in [-0.1, -0.05) is 6.92 Å². The van der Waals surface area contributed by atoms with E-state index in [0.717, 1.165) is 22.6 Å². The smallest absolute Gasteiger partial charge is 0.275 e. The minimum Gasteiger partial charge on any atom is -0.497 e. The first-order valence-electron chi connectivity index (χ1n) is 8.12. The fourth-order valence-corrected chi connectivity index (χ4v) is 2.20. The summed E-state index contributed by atoms with van der Waals surface area (Å²) in [6, 6.07) is 7.36. The van der Waals surface area contributed by atoms with E-state index in [9.17, 15) is 4.79 Å². The molecule has 2 N–H and O–H groups in total. The van der Waals surface area contributed by atoms with Crippen molar-refractivity contribution in [3.05, 3.63) is 30.2 Å². The van der Waals surface area contributed by atoms with E-state index in [1.807, 2.05) is 45.2 Å². The number of rotatable bonds is 8. The molecule has 1 aromatic heterocycles. The third kappa shape index (κ3) is 4.55. The van der Waals surface area contributed by atoms with Crippen molar-refractivity contribution >= 4 is 5.91 Å². The van der Waals surface area contributed by atoms with Crippen LogP contribution >= 0.6 is 0 Å². The minimum absolute atomic E-state index is 0.0242. The third-order valence-electron chi connectivity index (χ3n) is 3.90. The van der Waals surface area contributed by atoms with E-state index < -0.39 is 0 Å². The molecule has 0 radical (unpaired) electrons. The fourth-order valence-electron chi connectivity index (χ4n) is 2.20. The lowest BCUT2D eigenvalue weighted by Crippen LogP contribution is -3.10. The summed E-state index contributed by atoms with van der Waals surface area (Å²) in [5.41, 5.74) is 0.833. The van der Waals surface area contributed by atoms with Crippen LogP contribution in [0.5, 0.6) is 5.75 Å². The SMILES string of the molecule is CCCNC(=O)C[NH+](C)[C@@H](C)c1nnc(-c2ccc(OC)cc2)o1. The van der Waals surface area contributed by atoms with Gasteiger partial charge in [-0.15, -0.1) is 10.2 Å². The van der Waals surface area contributed by atoms with Gasteiger partial charge < -0.3 is 19.4 Å². The summed E-state index contributed by atoms with van der Waals surface area (Å²) < 4.78 is 10.9. The number of quaternary nitrogens is 1. The van der Waals surface area contributed by atoms with Gasteiger partial charge in [0.1, 0.15) is 5.75 Å². The molecule has 7 heteroatoms. The number of nitrogens with one attached hydrogen (secondary N) is 2. The average molecular weight is 333 g/mol. The molecule has 1 unspecified atom stereocenters. The van der Waals surface area contributed by atoms with Crippen molar-refractivity contribution in [2.75, 3.05) is 27.2 Å². The van der Waals surface area contributed by atoms with Crippen molar-refractivity contribution in [1.82, 2.24) is 15.5 Å². The molecule has 0 saturated carbocycles. The number of amides is 1. The zero-order valence-electron chi connectivity index (χ0n) is 14.6. The van der Waals surface area contributed by atoms with Crippen molar-refractivity contribution in [3.63, 3.8) is 0 Å². The van der Waals surface area contributed by atoms with Gasteiger partial charge in [0, 0.05) is 12.1 Å². The number of methoxy groups -OCH3 is 1. The van der Waals surface area contributed by atoms with Gasteiger partial charge >= 0.3 is 0 Å². The zero-order chi connectivity index (χ0) is 17.5. The van der Waals surface area contributed by atoms with E-state index in [1.54, 1.807) is 7.11 Å². The van der Waals surface area contributed by atoms with E-state index in [4.69, 9.17) is 9.15 Å².